The first-order valence-corrected chi connectivity index (χ1v) is 10.2. The molecule has 2 atom stereocenters. The fraction of sp³-hybridized carbons (Fsp3) is 0.263. The van der Waals surface area contributed by atoms with Crippen molar-refractivity contribution in [3.8, 4) is 0 Å². The first-order chi connectivity index (χ1) is 15.1. The number of anilines is 1. The Morgan fingerprint density at radius 1 is 1.25 bits per heavy atom. The molecule has 1 aromatic heterocycles. The average molecular weight is 470 g/mol. The summed E-state index contributed by atoms with van der Waals surface area (Å²) < 4.78 is 31.7. The van der Waals surface area contributed by atoms with Gasteiger partial charge in [0.15, 0.2) is 0 Å². The predicted octanol–water partition coefficient (Wildman–Crippen LogP) is 2.30. The third-order valence-corrected chi connectivity index (χ3v) is 5.65. The Kier molecular flexibility index (Phi) is 6.77. The van der Waals surface area contributed by atoms with Crippen molar-refractivity contribution in [2.75, 3.05) is 11.1 Å². The lowest BCUT2D eigenvalue weighted by atomic mass is 10.1. The van der Waals surface area contributed by atoms with Gasteiger partial charge in [-0.2, -0.15) is 13.2 Å². The molecule has 3 heterocycles. The van der Waals surface area contributed by atoms with Crippen LogP contribution >= 0.6 is 11.8 Å². The van der Waals surface area contributed by atoms with E-state index in [1.807, 2.05) is 30.3 Å². The number of hydrogen-bond donors (Lipinski definition) is 4. The van der Waals surface area contributed by atoms with Crippen LogP contribution in [-0.4, -0.2) is 66.3 Å². The lowest BCUT2D eigenvalue weighted by molar-refractivity contribution is -0.192. The molecule has 2 aromatic rings. The van der Waals surface area contributed by atoms with Crippen molar-refractivity contribution in [1.82, 2.24) is 14.9 Å². The zero-order chi connectivity index (χ0) is 23.5. The number of rotatable bonds is 5. The van der Waals surface area contributed by atoms with E-state index < -0.39 is 24.2 Å². The molecule has 1 saturated heterocycles. The fourth-order valence-electron chi connectivity index (χ4n) is 3.02. The number of carbonyl (C=O) groups is 3. The summed E-state index contributed by atoms with van der Waals surface area (Å²) >= 11 is 1.54. The first-order valence-electron chi connectivity index (χ1n) is 9.10. The van der Waals surface area contributed by atoms with E-state index in [0.29, 0.717) is 11.7 Å². The molecule has 170 valence electrons. The maximum Gasteiger partial charge on any atom is 0.490 e. The number of H-pyrrole nitrogens is 1. The van der Waals surface area contributed by atoms with Crippen molar-refractivity contribution >= 4 is 35.6 Å². The van der Waals surface area contributed by atoms with Crippen molar-refractivity contribution in [3.05, 3.63) is 59.6 Å². The second-order valence-corrected chi connectivity index (χ2v) is 7.82. The number of β-lactam (4-membered cyclic amide) rings is 1. The Morgan fingerprint density at radius 2 is 1.91 bits per heavy atom. The normalized spacial score (nSPS) is 19.7. The van der Waals surface area contributed by atoms with Crippen molar-refractivity contribution in [2.24, 2.45) is 0 Å². The van der Waals surface area contributed by atoms with Crippen LogP contribution in [0.3, 0.4) is 0 Å². The number of thioether (sulfide) groups is 1. The number of carboxylic acids is 2. The Labute approximate surface area is 183 Å². The number of alkyl halides is 3. The van der Waals surface area contributed by atoms with E-state index in [0.717, 1.165) is 12.1 Å². The molecule has 1 aromatic carbocycles. The summed E-state index contributed by atoms with van der Waals surface area (Å²) in [6.07, 6.45) is -1.04. The highest BCUT2D eigenvalue weighted by Crippen LogP contribution is 2.38. The van der Waals surface area contributed by atoms with Crippen molar-refractivity contribution in [1.29, 1.82) is 0 Å². The maximum absolute atomic E-state index is 12.3. The van der Waals surface area contributed by atoms with Crippen LogP contribution in [0.2, 0.25) is 0 Å². The molecule has 1 fully saturated rings. The maximum atomic E-state index is 12.3. The molecule has 32 heavy (non-hydrogen) atoms. The molecule has 0 spiro atoms. The van der Waals surface area contributed by atoms with E-state index in [1.165, 1.54) is 22.2 Å². The molecule has 4 N–H and O–H groups in total. The lowest BCUT2D eigenvalue weighted by Gasteiger charge is -2.48. The molecule has 2 aliphatic rings. The van der Waals surface area contributed by atoms with E-state index in [1.54, 1.807) is 12.3 Å². The number of aromatic amines is 1. The van der Waals surface area contributed by atoms with Crippen LogP contribution in [0.5, 0.6) is 0 Å². The van der Waals surface area contributed by atoms with E-state index in [9.17, 15) is 27.9 Å². The van der Waals surface area contributed by atoms with E-state index in [4.69, 9.17) is 9.90 Å². The van der Waals surface area contributed by atoms with Crippen LogP contribution in [0.25, 0.3) is 0 Å². The highest BCUT2D eigenvalue weighted by molar-refractivity contribution is 8.00. The highest BCUT2D eigenvalue weighted by atomic mass is 32.2. The minimum atomic E-state index is -5.08. The minimum absolute atomic E-state index is 0.0658. The summed E-state index contributed by atoms with van der Waals surface area (Å²) in [6, 6.07) is 9.56. The number of amides is 1. The summed E-state index contributed by atoms with van der Waals surface area (Å²) in [5.74, 6) is -2.97. The van der Waals surface area contributed by atoms with Crippen LogP contribution in [0.4, 0.5) is 19.1 Å². The van der Waals surface area contributed by atoms with Gasteiger partial charge in [0.05, 0.1) is 6.20 Å². The van der Waals surface area contributed by atoms with Gasteiger partial charge in [0, 0.05) is 17.9 Å². The highest BCUT2D eigenvalue weighted by Gasteiger charge is 2.52. The van der Waals surface area contributed by atoms with Crippen LogP contribution in [0, 0.1) is 0 Å². The van der Waals surface area contributed by atoms with Crippen LogP contribution in [0.1, 0.15) is 11.3 Å². The molecule has 9 nitrogen and oxygen atoms in total. The second-order valence-electron chi connectivity index (χ2n) is 6.67. The zero-order valence-electron chi connectivity index (χ0n) is 16.2. The van der Waals surface area contributed by atoms with Gasteiger partial charge in [0.1, 0.15) is 17.1 Å². The number of nitrogens with zero attached hydrogens (tertiary/aromatic N) is 2. The molecular formula is C19H17F3N4O5S. The minimum Gasteiger partial charge on any atom is -0.477 e. The molecule has 0 radical (unpaired) electrons. The van der Waals surface area contributed by atoms with Gasteiger partial charge in [-0.25, -0.2) is 14.6 Å². The number of nitrogens with one attached hydrogen (secondary N) is 2. The van der Waals surface area contributed by atoms with Crippen molar-refractivity contribution in [3.63, 3.8) is 0 Å². The Bertz CT molecular complexity index is 1040. The number of benzene rings is 1. The van der Waals surface area contributed by atoms with Crippen molar-refractivity contribution in [2.45, 2.75) is 24.0 Å². The molecule has 13 heteroatoms. The van der Waals surface area contributed by atoms with Gasteiger partial charge in [0.2, 0.25) is 5.95 Å². The molecule has 1 amide bonds. The third-order valence-electron chi connectivity index (χ3n) is 4.47. The molecule has 0 bridgehead atoms. The fourth-order valence-corrected chi connectivity index (χ4v) is 4.22. The Morgan fingerprint density at radius 3 is 2.50 bits per heavy atom. The molecule has 4 rings (SSSR count). The van der Waals surface area contributed by atoms with Gasteiger partial charge in [-0.3, -0.25) is 9.69 Å². The van der Waals surface area contributed by atoms with Gasteiger partial charge in [-0.05, 0) is 11.6 Å². The molecule has 1 unspecified atom stereocenters. The molecule has 2 aliphatic heterocycles. The number of hydrogen-bond acceptors (Lipinski definition) is 6. The summed E-state index contributed by atoms with van der Waals surface area (Å²) in [6.45, 7) is 0. The largest absolute Gasteiger partial charge is 0.490 e. The van der Waals surface area contributed by atoms with Crippen molar-refractivity contribution < 1.29 is 37.8 Å². The van der Waals surface area contributed by atoms with Crippen LogP contribution in [-0.2, 0) is 20.8 Å². The number of carboxylic acid groups (broad SMARTS) is 2. The second kappa shape index (κ2) is 9.34. The summed E-state index contributed by atoms with van der Waals surface area (Å²) in [5.41, 5.74) is 2.18. The van der Waals surface area contributed by atoms with Gasteiger partial charge >= 0.3 is 18.1 Å². The van der Waals surface area contributed by atoms with E-state index in [2.05, 4.69) is 15.3 Å². The number of imidazole rings is 1. The Balaban J connectivity index is 0.000000360. The first kappa shape index (κ1) is 23.2. The van der Waals surface area contributed by atoms with Gasteiger partial charge in [0.25, 0.3) is 5.91 Å². The molecular weight excluding hydrogens is 453 g/mol. The molecule has 0 aliphatic carbocycles. The number of aliphatic carboxylic acids is 2. The molecule has 0 saturated carbocycles. The topological polar surface area (TPSA) is 136 Å². The lowest BCUT2D eigenvalue weighted by Crippen LogP contribution is -2.67. The number of aromatic nitrogens is 2. The smallest absolute Gasteiger partial charge is 0.477 e. The number of fused-ring (bicyclic) bond motifs is 1. The van der Waals surface area contributed by atoms with E-state index >= 15 is 0 Å². The number of carbonyl (C=O) groups excluding carboxylic acids is 1. The van der Waals surface area contributed by atoms with E-state index in [-0.39, 0.29) is 17.0 Å². The van der Waals surface area contributed by atoms with Gasteiger partial charge in [-0.1, -0.05) is 30.3 Å². The summed E-state index contributed by atoms with van der Waals surface area (Å²) in [4.78, 5) is 41.2. The monoisotopic (exact) mass is 470 g/mol. The third kappa shape index (κ3) is 5.22. The zero-order valence-corrected chi connectivity index (χ0v) is 17.0. The standard InChI is InChI=1S/C17H16N4O3S.C2HF3O2/c22-14-13(15-21(14)12(16(23)24)6-7-25-15)20-17-18-9-11(19-17)8-10-4-2-1-3-5-10;3-2(4,5)1(6)7/h1-6,9,13,15H,7-8H2,(H,23,24)(H2,18,19,20);(H,6,7)/t13?,15-;/m1./s1. The van der Waals surface area contributed by atoms with Gasteiger partial charge in [-0.15, -0.1) is 11.8 Å². The van der Waals surface area contributed by atoms with Gasteiger partial charge < -0.3 is 20.5 Å². The van der Waals surface area contributed by atoms with Crippen LogP contribution in [0.15, 0.2) is 48.3 Å². The van der Waals surface area contributed by atoms with Crippen LogP contribution < -0.4 is 5.32 Å². The predicted molar refractivity (Wildman–Crippen MR) is 108 cm³/mol. The summed E-state index contributed by atoms with van der Waals surface area (Å²) in [5, 5.41) is 19.2. The number of halogens is 3. The average Bonchev–Trinajstić information content (AvgIpc) is 3.18. The summed E-state index contributed by atoms with van der Waals surface area (Å²) in [7, 11) is 0. The quantitative estimate of drug-likeness (QED) is 0.489. The Hall–Kier alpha value is -3.48. The SMILES string of the molecule is O=C(O)C(F)(F)F.O=C(O)C1=CCS[C@@H]2C(Nc3ncc(Cc4ccccc4)[nH]3)C(=O)N12.